The fourth-order valence-electron chi connectivity index (χ4n) is 2.22. The summed E-state index contributed by atoms with van der Waals surface area (Å²) in [7, 11) is 0. The van der Waals surface area contributed by atoms with E-state index < -0.39 is 0 Å². The number of rotatable bonds is 5. The molecule has 0 fully saturated rings. The van der Waals surface area contributed by atoms with Gasteiger partial charge in [0, 0.05) is 13.0 Å². The second-order valence-corrected chi connectivity index (χ2v) is 5.28. The number of aromatic amines is 1. The first-order valence-electron chi connectivity index (χ1n) is 7.00. The smallest absolute Gasteiger partial charge is 0.161 e. The van der Waals surface area contributed by atoms with Gasteiger partial charge < -0.3 is 10.3 Å². The monoisotopic (exact) mass is 311 g/mol. The van der Waals surface area contributed by atoms with Crippen molar-refractivity contribution < 1.29 is 0 Å². The van der Waals surface area contributed by atoms with Crippen molar-refractivity contribution in [2.75, 3.05) is 11.9 Å². The number of nitrogens with one attached hydrogen (secondary N) is 2. The fourth-order valence-corrected chi connectivity index (χ4v) is 2.36. The molecule has 5 nitrogen and oxygen atoms in total. The highest BCUT2D eigenvalue weighted by Gasteiger charge is 2.04. The molecular formula is C16H14ClN5. The molecule has 0 radical (unpaired) electrons. The van der Waals surface area contributed by atoms with Crippen molar-refractivity contribution in [3.8, 4) is 6.07 Å². The molecule has 6 heteroatoms. The normalized spacial score (nSPS) is 10.5. The first-order valence-corrected chi connectivity index (χ1v) is 7.38. The predicted octanol–water partition coefficient (Wildman–Crippen LogP) is 3.53. The average molecular weight is 312 g/mol. The van der Waals surface area contributed by atoms with E-state index in [-0.39, 0.29) is 5.69 Å². The van der Waals surface area contributed by atoms with Gasteiger partial charge in [0.1, 0.15) is 17.7 Å². The quantitative estimate of drug-likeness (QED) is 0.707. The first kappa shape index (κ1) is 14.4. The summed E-state index contributed by atoms with van der Waals surface area (Å²) < 4.78 is 0. The number of halogens is 1. The lowest BCUT2D eigenvalue weighted by Crippen LogP contribution is -2.05. The number of benzene rings is 1. The van der Waals surface area contributed by atoms with Crippen molar-refractivity contribution >= 4 is 28.5 Å². The van der Waals surface area contributed by atoms with E-state index in [0.717, 1.165) is 36.2 Å². The molecule has 0 aliphatic heterocycles. The van der Waals surface area contributed by atoms with E-state index in [2.05, 4.69) is 20.3 Å². The number of hydrogen-bond acceptors (Lipinski definition) is 4. The minimum Gasteiger partial charge on any atom is -0.370 e. The molecule has 0 spiro atoms. The number of para-hydroxylation sites is 2. The Hall–Kier alpha value is -2.58. The van der Waals surface area contributed by atoms with E-state index in [1.54, 1.807) is 12.1 Å². The summed E-state index contributed by atoms with van der Waals surface area (Å²) in [5, 5.41) is 12.5. The Morgan fingerprint density at radius 3 is 2.86 bits per heavy atom. The third-order valence-electron chi connectivity index (χ3n) is 3.29. The summed E-state index contributed by atoms with van der Waals surface area (Å²) in [6.07, 6.45) is 1.76. The number of aryl methyl sites for hydroxylation is 1. The van der Waals surface area contributed by atoms with Crippen LogP contribution in [0.5, 0.6) is 0 Å². The SMILES string of the molecule is N#Cc1nc(NCCCc2nc3ccccc3[nH]2)ccc1Cl. The van der Waals surface area contributed by atoms with Gasteiger partial charge in [0.2, 0.25) is 0 Å². The van der Waals surface area contributed by atoms with Crippen molar-refractivity contribution in [3.05, 3.63) is 52.9 Å². The van der Waals surface area contributed by atoms with Crippen molar-refractivity contribution in [2.24, 2.45) is 0 Å². The molecule has 3 aromatic rings. The minimum absolute atomic E-state index is 0.240. The van der Waals surface area contributed by atoms with Gasteiger partial charge in [-0.2, -0.15) is 5.26 Å². The van der Waals surface area contributed by atoms with E-state index in [9.17, 15) is 0 Å². The molecule has 0 saturated heterocycles. The maximum Gasteiger partial charge on any atom is 0.161 e. The largest absolute Gasteiger partial charge is 0.370 e. The number of hydrogen-bond donors (Lipinski definition) is 2. The molecule has 0 aliphatic rings. The van der Waals surface area contributed by atoms with E-state index in [1.807, 2.05) is 30.3 Å². The molecule has 1 aromatic carbocycles. The van der Waals surface area contributed by atoms with Crippen molar-refractivity contribution in [2.45, 2.75) is 12.8 Å². The average Bonchev–Trinajstić information content (AvgIpc) is 2.95. The van der Waals surface area contributed by atoms with Crippen LogP contribution in [-0.4, -0.2) is 21.5 Å². The Kier molecular flexibility index (Phi) is 4.22. The highest BCUT2D eigenvalue weighted by molar-refractivity contribution is 6.31. The van der Waals surface area contributed by atoms with Gasteiger partial charge in [-0.05, 0) is 30.7 Å². The van der Waals surface area contributed by atoms with Gasteiger partial charge in [-0.15, -0.1) is 0 Å². The van der Waals surface area contributed by atoms with Crippen molar-refractivity contribution in [3.63, 3.8) is 0 Å². The third kappa shape index (κ3) is 3.18. The Morgan fingerprint density at radius 1 is 1.18 bits per heavy atom. The van der Waals surface area contributed by atoms with Crippen LogP contribution in [0.25, 0.3) is 11.0 Å². The van der Waals surface area contributed by atoms with E-state index in [4.69, 9.17) is 16.9 Å². The molecule has 0 saturated carbocycles. The summed E-state index contributed by atoms with van der Waals surface area (Å²) in [5.41, 5.74) is 2.29. The van der Waals surface area contributed by atoms with Crippen LogP contribution < -0.4 is 5.32 Å². The van der Waals surface area contributed by atoms with Gasteiger partial charge in [0.25, 0.3) is 0 Å². The molecule has 0 amide bonds. The number of fused-ring (bicyclic) bond motifs is 1. The van der Waals surface area contributed by atoms with Crippen LogP contribution in [-0.2, 0) is 6.42 Å². The molecule has 0 atom stereocenters. The van der Waals surface area contributed by atoms with Gasteiger partial charge in [-0.1, -0.05) is 23.7 Å². The lowest BCUT2D eigenvalue weighted by molar-refractivity contribution is 0.817. The van der Waals surface area contributed by atoms with Crippen LogP contribution in [0.15, 0.2) is 36.4 Å². The summed E-state index contributed by atoms with van der Waals surface area (Å²) in [6.45, 7) is 0.747. The van der Waals surface area contributed by atoms with Crippen LogP contribution in [0.3, 0.4) is 0 Å². The Bertz CT molecular complexity index is 801. The van der Waals surface area contributed by atoms with Crippen molar-refractivity contribution in [1.82, 2.24) is 15.0 Å². The number of anilines is 1. The topological polar surface area (TPSA) is 77.4 Å². The molecule has 110 valence electrons. The zero-order valence-corrected chi connectivity index (χ0v) is 12.6. The van der Waals surface area contributed by atoms with Crippen LogP contribution in [0.1, 0.15) is 17.9 Å². The molecule has 3 rings (SSSR count). The number of nitrogens with zero attached hydrogens (tertiary/aromatic N) is 3. The summed E-state index contributed by atoms with van der Waals surface area (Å²) in [6, 6.07) is 13.4. The Morgan fingerprint density at radius 2 is 2.05 bits per heavy atom. The number of imidazole rings is 1. The van der Waals surface area contributed by atoms with Gasteiger partial charge in [0.05, 0.1) is 16.1 Å². The maximum atomic E-state index is 8.90. The highest BCUT2D eigenvalue weighted by Crippen LogP contribution is 2.16. The summed E-state index contributed by atoms with van der Waals surface area (Å²) in [5.74, 6) is 1.63. The van der Waals surface area contributed by atoms with Gasteiger partial charge in [-0.3, -0.25) is 0 Å². The fraction of sp³-hybridized carbons (Fsp3) is 0.188. The van der Waals surface area contributed by atoms with Gasteiger partial charge in [0.15, 0.2) is 5.69 Å². The van der Waals surface area contributed by atoms with Crippen LogP contribution in [0.2, 0.25) is 5.02 Å². The maximum absolute atomic E-state index is 8.90. The molecule has 0 unspecified atom stereocenters. The lowest BCUT2D eigenvalue weighted by atomic mass is 10.3. The van der Waals surface area contributed by atoms with E-state index in [1.165, 1.54) is 0 Å². The minimum atomic E-state index is 0.240. The van der Waals surface area contributed by atoms with Crippen LogP contribution in [0.4, 0.5) is 5.82 Å². The molecular weight excluding hydrogens is 298 g/mol. The van der Waals surface area contributed by atoms with Crippen LogP contribution >= 0.6 is 11.6 Å². The standard InChI is InChI=1S/C16H14ClN5/c17-11-7-8-15(22-14(11)10-18)19-9-3-6-16-20-12-4-1-2-5-13(12)21-16/h1-2,4-5,7-8H,3,6,9H2,(H,19,22)(H,20,21). The summed E-state index contributed by atoms with van der Waals surface area (Å²) in [4.78, 5) is 12.0. The molecule has 22 heavy (non-hydrogen) atoms. The molecule has 2 aromatic heterocycles. The number of pyridine rings is 1. The first-order chi connectivity index (χ1) is 10.8. The molecule has 0 aliphatic carbocycles. The second kappa shape index (κ2) is 6.46. The van der Waals surface area contributed by atoms with Gasteiger partial charge in [-0.25, -0.2) is 9.97 Å². The molecule has 2 N–H and O–H groups in total. The van der Waals surface area contributed by atoms with E-state index in [0.29, 0.717) is 10.8 Å². The molecule has 0 bridgehead atoms. The third-order valence-corrected chi connectivity index (χ3v) is 3.59. The number of aromatic nitrogens is 3. The predicted molar refractivity (Wildman–Crippen MR) is 86.9 cm³/mol. The Labute approximate surface area is 133 Å². The van der Waals surface area contributed by atoms with Crippen LogP contribution in [0, 0.1) is 11.3 Å². The summed E-state index contributed by atoms with van der Waals surface area (Å²) >= 11 is 5.85. The van der Waals surface area contributed by atoms with Crippen molar-refractivity contribution in [1.29, 1.82) is 5.26 Å². The zero-order valence-electron chi connectivity index (χ0n) is 11.8. The van der Waals surface area contributed by atoms with Gasteiger partial charge >= 0.3 is 0 Å². The van der Waals surface area contributed by atoms with E-state index >= 15 is 0 Å². The lowest BCUT2D eigenvalue weighted by Gasteiger charge is -2.05. The molecule has 2 heterocycles. The highest BCUT2D eigenvalue weighted by atomic mass is 35.5. The number of nitriles is 1. The zero-order chi connectivity index (χ0) is 15.4. The Balaban J connectivity index is 1.54. The number of H-pyrrole nitrogens is 1. The second-order valence-electron chi connectivity index (χ2n) is 4.87.